The normalized spacial score (nSPS) is 17.5. The number of likely N-dealkylation sites (tertiary alicyclic amines) is 1. The van der Waals surface area contributed by atoms with E-state index in [9.17, 15) is 4.79 Å². The lowest BCUT2D eigenvalue weighted by Gasteiger charge is -2.29. The van der Waals surface area contributed by atoms with Crippen molar-refractivity contribution in [3.05, 3.63) is 0 Å². The molecule has 1 rings (SSSR count). The van der Waals surface area contributed by atoms with Crippen LogP contribution >= 0.6 is 0 Å². The first-order chi connectivity index (χ1) is 5.33. The summed E-state index contributed by atoms with van der Waals surface area (Å²) in [6.07, 6.45) is 1.20. The molecule has 0 saturated carbocycles. The minimum Gasteiger partial charge on any atom is -0.395 e. The number of aliphatic hydroxyl groups is 1. The molecule has 0 bridgehead atoms. The van der Waals surface area contributed by atoms with E-state index in [0.717, 1.165) is 13.1 Å². The summed E-state index contributed by atoms with van der Waals surface area (Å²) in [7, 11) is 0. The van der Waals surface area contributed by atoms with E-state index in [1.165, 1.54) is 6.42 Å². The van der Waals surface area contributed by atoms with Crippen LogP contribution in [0.5, 0.6) is 0 Å². The maximum atomic E-state index is 10.9. The van der Waals surface area contributed by atoms with Gasteiger partial charge in [0.15, 0.2) is 0 Å². The second-order valence-electron chi connectivity index (χ2n) is 2.70. The summed E-state index contributed by atoms with van der Waals surface area (Å²) in [5.74, 6) is 0.0127. The SMILES string of the molecule is O=C(CN1CCC1)NCCO. The molecule has 1 amide bonds. The zero-order valence-corrected chi connectivity index (χ0v) is 6.55. The Bertz CT molecular complexity index is 134. The van der Waals surface area contributed by atoms with Gasteiger partial charge in [0, 0.05) is 6.54 Å². The number of hydrogen-bond donors (Lipinski definition) is 2. The third-order valence-corrected chi connectivity index (χ3v) is 1.75. The van der Waals surface area contributed by atoms with Crippen molar-refractivity contribution in [2.45, 2.75) is 6.42 Å². The Morgan fingerprint density at radius 2 is 2.27 bits per heavy atom. The minimum absolute atomic E-state index is 0.0127. The molecule has 1 aliphatic rings. The molecule has 64 valence electrons. The molecule has 4 heteroatoms. The molecule has 0 radical (unpaired) electrons. The van der Waals surface area contributed by atoms with Crippen LogP contribution < -0.4 is 5.32 Å². The van der Waals surface area contributed by atoms with Gasteiger partial charge >= 0.3 is 0 Å². The lowest BCUT2D eigenvalue weighted by molar-refractivity contribution is -0.123. The van der Waals surface area contributed by atoms with Crippen LogP contribution in [0.4, 0.5) is 0 Å². The molecular formula is C7H14N2O2. The van der Waals surface area contributed by atoms with Gasteiger partial charge < -0.3 is 10.4 Å². The molecule has 0 aliphatic carbocycles. The number of aliphatic hydroxyl groups excluding tert-OH is 1. The van der Waals surface area contributed by atoms with Crippen LogP contribution in [-0.2, 0) is 4.79 Å². The standard InChI is InChI=1S/C7H14N2O2/c10-5-2-8-7(11)6-9-3-1-4-9/h10H,1-6H2,(H,8,11). The first-order valence-corrected chi connectivity index (χ1v) is 3.93. The molecule has 1 fully saturated rings. The lowest BCUT2D eigenvalue weighted by Crippen LogP contribution is -2.44. The first-order valence-electron chi connectivity index (χ1n) is 3.93. The highest BCUT2D eigenvalue weighted by molar-refractivity contribution is 5.78. The zero-order valence-electron chi connectivity index (χ0n) is 6.55. The fraction of sp³-hybridized carbons (Fsp3) is 0.857. The summed E-state index contributed by atoms with van der Waals surface area (Å²) < 4.78 is 0. The monoisotopic (exact) mass is 158 g/mol. The first kappa shape index (κ1) is 8.49. The van der Waals surface area contributed by atoms with Gasteiger partial charge in [-0.2, -0.15) is 0 Å². The molecule has 2 N–H and O–H groups in total. The van der Waals surface area contributed by atoms with Crippen molar-refractivity contribution in [3.63, 3.8) is 0 Å². The third-order valence-electron chi connectivity index (χ3n) is 1.75. The Labute approximate surface area is 66.2 Å². The molecule has 0 aromatic carbocycles. The van der Waals surface area contributed by atoms with Crippen molar-refractivity contribution >= 4 is 5.91 Å². The fourth-order valence-electron chi connectivity index (χ4n) is 0.994. The number of carbonyl (C=O) groups is 1. The molecule has 0 atom stereocenters. The van der Waals surface area contributed by atoms with E-state index >= 15 is 0 Å². The summed E-state index contributed by atoms with van der Waals surface area (Å²) in [6.45, 7) is 2.94. The third kappa shape index (κ3) is 2.86. The number of carbonyl (C=O) groups excluding carboxylic acids is 1. The maximum absolute atomic E-state index is 10.9. The molecule has 1 aliphatic heterocycles. The van der Waals surface area contributed by atoms with E-state index < -0.39 is 0 Å². The lowest BCUT2D eigenvalue weighted by atomic mass is 10.2. The Balaban J connectivity index is 2.00. The van der Waals surface area contributed by atoms with Gasteiger partial charge in [0.25, 0.3) is 0 Å². The van der Waals surface area contributed by atoms with Crippen LogP contribution in [-0.4, -0.2) is 48.7 Å². The van der Waals surface area contributed by atoms with Crippen LogP contribution in [0.1, 0.15) is 6.42 Å². The zero-order chi connectivity index (χ0) is 8.10. The molecule has 1 heterocycles. The van der Waals surface area contributed by atoms with Gasteiger partial charge in [-0.15, -0.1) is 0 Å². The van der Waals surface area contributed by atoms with E-state index in [0.29, 0.717) is 13.1 Å². The summed E-state index contributed by atoms with van der Waals surface area (Å²) >= 11 is 0. The molecule has 0 aromatic rings. The quantitative estimate of drug-likeness (QED) is 0.540. The maximum Gasteiger partial charge on any atom is 0.234 e. The van der Waals surface area contributed by atoms with Gasteiger partial charge in [-0.05, 0) is 19.5 Å². The van der Waals surface area contributed by atoms with Crippen molar-refractivity contribution < 1.29 is 9.90 Å². The van der Waals surface area contributed by atoms with Crippen LogP contribution in [0.15, 0.2) is 0 Å². The van der Waals surface area contributed by atoms with Crippen molar-refractivity contribution in [2.24, 2.45) is 0 Å². The molecule has 0 spiro atoms. The Hall–Kier alpha value is -0.610. The van der Waals surface area contributed by atoms with Crippen LogP contribution in [0.25, 0.3) is 0 Å². The highest BCUT2D eigenvalue weighted by atomic mass is 16.3. The Morgan fingerprint density at radius 3 is 2.73 bits per heavy atom. The smallest absolute Gasteiger partial charge is 0.234 e. The summed E-state index contributed by atoms with van der Waals surface area (Å²) in [5.41, 5.74) is 0. The van der Waals surface area contributed by atoms with E-state index in [1.807, 2.05) is 0 Å². The van der Waals surface area contributed by atoms with Gasteiger partial charge in [-0.3, -0.25) is 9.69 Å². The van der Waals surface area contributed by atoms with Crippen molar-refractivity contribution in [2.75, 3.05) is 32.8 Å². The van der Waals surface area contributed by atoms with Crippen molar-refractivity contribution in [3.8, 4) is 0 Å². The number of rotatable bonds is 4. The van der Waals surface area contributed by atoms with Gasteiger partial charge in [-0.1, -0.05) is 0 Å². The number of nitrogens with zero attached hydrogens (tertiary/aromatic N) is 1. The Morgan fingerprint density at radius 1 is 1.55 bits per heavy atom. The van der Waals surface area contributed by atoms with Gasteiger partial charge in [-0.25, -0.2) is 0 Å². The van der Waals surface area contributed by atoms with E-state index in [4.69, 9.17) is 5.11 Å². The summed E-state index contributed by atoms with van der Waals surface area (Å²) in [6, 6.07) is 0. The minimum atomic E-state index is 0.0127. The summed E-state index contributed by atoms with van der Waals surface area (Å²) in [4.78, 5) is 13.0. The highest BCUT2D eigenvalue weighted by Crippen LogP contribution is 2.03. The Kier molecular flexibility index (Phi) is 3.32. The average Bonchev–Trinajstić information content (AvgIpc) is 1.93. The molecule has 1 saturated heterocycles. The van der Waals surface area contributed by atoms with Gasteiger partial charge in [0.05, 0.1) is 13.2 Å². The van der Waals surface area contributed by atoms with Crippen molar-refractivity contribution in [1.82, 2.24) is 10.2 Å². The number of amides is 1. The van der Waals surface area contributed by atoms with Gasteiger partial charge in [0.2, 0.25) is 5.91 Å². The average molecular weight is 158 g/mol. The van der Waals surface area contributed by atoms with Gasteiger partial charge in [0.1, 0.15) is 0 Å². The molecular weight excluding hydrogens is 144 g/mol. The molecule has 4 nitrogen and oxygen atoms in total. The highest BCUT2D eigenvalue weighted by Gasteiger charge is 2.16. The molecule has 0 unspecified atom stereocenters. The van der Waals surface area contributed by atoms with Crippen LogP contribution in [0, 0.1) is 0 Å². The number of hydrogen-bond acceptors (Lipinski definition) is 3. The van der Waals surface area contributed by atoms with E-state index in [1.54, 1.807) is 0 Å². The largest absolute Gasteiger partial charge is 0.395 e. The summed E-state index contributed by atoms with van der Waals surface area (Å²) in [5, 5.41) is 11.0. The topological polar surface area (TPSA) is 52.6 Å². The molecule has 11 heavy (non-hydrogen) atoms. The van der Waals surface area contributed by atoms with E-state index in [-0.39, 0.29) is 12.5 Å². The van der Waals surface area contributed by atoms with Crippen LogP contribution in [0.2, 0.25) is 0 Å². The van der Waals surface area contributed by atoms with Crippen molar-refractivity contribution in [1.29, 1.82) is 0 Å². The van der Waals surface area contributed by atoms with Crippen LogP contribution in [0.3, 0.4) is 0 Å². The molecule has 0 aromatic heterocycles. The number of nitrogens with one attached hydrogen (secondary N) is 1. The fourth-order valence-corrected chi connectivity index (χ4v) is 0.994. The second-order valence-corrected chi connectivity index (χ2v) is 2.70. The second kappa shape index (κ2) is 4.31. The predicted octanol–water partition coefficient (Wildman–Crippen LogP) is -1.20. The predicted molar refractivity (Wildman–Crippen MR) is 41.2 cm³/mol. The van der Waals surface area contributed by atoms with E-state index in [2.05, 4.69) is 10.2 Å².